The zero-order valence-corrected chi connectivity index (χ0v) is 22.2. The van der Waals surface area contributed by atoms with Crippen molar-refractivity contribution in [2.45, 2.75) is 90.0 Å². The normalized spacial score (nSPS) is 27.4. The maximum Gasteiger partial charge on any atom is 0.407 e. The van der Waals surface area contributed by atoms with Crippen molar-refractivity contribution in [3.63, 3.8) is 0 Å². The number of carbonyl (C=O) groups excluding carboxylic acids is 3. The summed E-state index contributed by atoms with van der Waals surface area (Å²) in [7, 11) is 0. The molecule has 4 aliphatic rings. The Hall–Kier alpha value is -2.61. The average molecular weight is 514 g/mol. The molecule has 4 bridgehead atoms. The number of hydrogen-bond acceptors (Lipinski definition) is 6. The van der Waals surface area contributed by atoms with Gasteiger partial charge in [-0.05, 0) is 86.5 Å². The number of nitrogens with two attached hydrogens (primary N) is 1. The van der Waals surface area contributed by atoms with E-state index in [-0.39, 0.29) is 30.6 Å². The highest BCUT2D eigenvalue weighted by molar-refractivity contribution is 5.87. The molecule has 0 radical (unpaired) electrons. The van der Waals surface area contributed by atoms with Crippen LogP contribution in [0.1, 0.15) is 70.8 Å². The molecule has 1 aromatic rings. The molecule has 0 heterocycles. The number of carbonyl (C=O) groups is 3. The lowest BCUT2D eigenvalue weighted by molar-refractivity contribution is -0.149. The van der Waals surface area contributed by atoms with Gasteiger partial charge in [-0.1, -0.05) is 44.2 Å². The summed E-state index contributed by atoms with van der Waals surface area (Å²) in [6.07, 6.45) is 7.61. The van der Waals surface area contributed by atoms with E-state index < -0.39 is 18.1 Å². The molecule has 8 heteroatoms. The molecule has 4 N–H and O–H groups in total. The van der Waals surface area contributed by atoms with Crippen molar-refractivity contribution in [2.75, 3.05) is 6.54 Å². The van der Waals surface area contributed by atoms with E-state index in [9.17, 15) is 14.4 Å². The van der Waals surface area contributed by atoms with Crippen LogP contribution in [0.4, 0.5) is 4.79 Å². The Morgan fingerprint density at radius 2 is 1.62 bits per heavy atom. The number of alkyl carbamates (subject to hydrolysis) is 1. The number of benzene rings is 1. The molecule has 4 saturated carbocycles. The number of esters is 1. The molecule has 37 heavy (non-hydrogen) atoms. The quantitative estimate of drug-likeness (QED) is 0.288. The van der Waals surface area contributed by atoms with Gasteiger partial charge in [0.15, 0.2) is 0 Å². The summed E-state index contributed by atoms with van der Waals surface area (Å²) >= 11 is 0. The molecule has 8 nitrogen and oxygen atoms in total. The van der Waals surface area contributed by atoms with Crippen LogP contribution in [0.5, 0.6) is 0 Å². The standard InChI is InChI=1S/C29H43N3O5/c1-18(2)25(30)27(33)32-24(28(34)36-17-19-8-4-3-5-9-19)10-6-7-11-31-29(35)37-26-22-13-20-12-21(15-22)16-23(26)14-20/h3-5,8-9,18,20-26H,6-7,10-17,30H2,1-2H3,(H,31,35)(H,32,33)/t20?,21?,22?,23?,24-,25-,26?/m0/s1. The van der Waals surface area contributed by atoms with Crippen LogP contribution in [0.2, 0.25) is 0 Å². The van der Waals surface area contributed by atoms with Gasteiger partial charge < -0.3 is 25.8 Å². The van der Waals surface area contributed by atoms with Crippen molar-refractivity contribution in [1.29, 1.82) is 0 Å². The SMILES string of the molecule is CC(C)[C@H](N)C(=O)N[C@@H](CCCCNC(=O)OC1C2CC3CC(C2)CC1C3)C(=O)OCc1ccccc1. The van der Waals surface area contributed by atoms with Crippen LogP contribution in [0.15, 0.2) is 30.3 Å². The van der Waals surface area contributed by atoms with Crippen LogP contribution >= 0.6 is 0 Å². The zero-order chi connectivity index (χ0) is 26.4. The molecule has 5 rings (SSSR count). The van der Waals surface area contributed by atoms with Crippen molar-refractivity contribution in [3.05, 3.63) is 35.9 Å². The van der Waals surface area contributed by atoms with E-state index in [4.69, 9.17) is 15.2 Å². The van der Waals surface area contributed by atoms with Gasteiger partial charge in [0.1, 0.15) is 18.8 Å². The lowest BCUT2D eigenvalue weighted by atomic mass is 9.55. The van der Waals surface area contributed by atoms with Crippen LogP contribution in [0, 0.1) is 29.6 Å². The van der Waals surface area contributed by atoms with Crippen LogP contribution in [-0.4, -0.2) is 42.7 Å². The van der Waals surface area contributed by atoms with Crippen molar-refractivity contribution >= 4 is 18.0 Å². The van der Waals surface area contributed by atoms with Gasteiger partial charge in [-0.25, -0.2) is 9.59 Å². The number of rotatable bonds is 12. The molecule has 0 unspecified atom stereocenters. The summed E-state index contributed by atoms with van der Waals surface area (Å²) < 4.78 is 11.3. The van der Waals surface area contributed by atoms with E-state index in [1.807, 2.05) is 44.2 Å². The van der Waals surface area contributed by atoms with E-state index in [0.29, 0.717) is 37.6 Å². The molecule has 0 aliphatic heterocycles. The molecule has 204 valence electrons. The number of nitrogens with one attached hydrogen (secondary N) is 2. The number of ether oxygens (including phenoxy) is 2. The van der Waals surface area contributed by atoms with Gasteiger partial charge in [0, 0.05) is 6.54 Å². The lowest BCUT2D eigenvalue weighted by Gasteiger charge is -2.53. The second-order valence-electron chi connectivity index (χ2n) is 11.6. The first-order valence-electron chi connectivity index (χ1n) is 14.0. The Kier molecular flexibility index (Phi) is 9.46. The van der Waals surface area contributed by atoms with Gasteiger partial charge in [0.2, 0.25) is 5.91 Å². The summed E-state index contributed by atoms with van der Waals surface area (Å²) in [5.41, 5.74) is 6.85. The first kappa shape index (κ1) is 27.4. The van der Waals surface area contributed by atoms with Crippen LogP contribution in [0.25, 0.3) is 0 Å². The Labute approximate surface area is 220 Å². The Morgan fingerprint density at radius 3 is 2.24 bits per heavy atom. The van der Waals surface area contributed by atoms with E-state index in [2.05, 4.69) is 10.6 Å². The molecular formula is C29H43N3O5. The Morgan fingerprint density at radius 1 is 0.973 bits per heavy atom. The van der Waals surface area contributed by atoms with Gasteiger partial charge in [0.05, 0.1) is 6.04 Å². The molecule has 4 fully saturated rings. The fraction of sp³-hybridized carbons (Fsp3) is 0.690. The van der Waals surface area contributed by atoms with Crippen molar-refractivity contribution in [2.24, 2.45) is 35.3 Å². The highest BCUT2D eigenvalue weighted by Gasteiger charge is 2.49. The second-order valence-corrected chi connectivity index (χ2v) is 11.6. The predicted octanol–water partition coefficient (Wildman–Crippen LogP) is 3.92. The van der Waals surface area contributed by atoms with E-state index in [0.717, 1.165) is 17.4 Å². The average Bonchev–Trinajstić information content (AvgIpc) is 2.88. The van der Waals surface area contributed by atoms with Gasteiger partial charge in [-0.2, -0.15) is 0 Å². The number of unbranched alkanes of at least 4 members (excludes halogenated alkanes) is 1. The maximum absolute atomic E-state index is 12.8. The van der Waals surface area contributed by atoms with E-state index in [1.54, 1.807) is 0 Å². The van der Waals surface area contributed by atoms with Crippen LogP contribution in [0.3, 0.4) is 0 Å². The summed E-state index contributed by atoms with van der Waals surface area (Å²) in [5.74, 6) is 1.85. The van der Waals surface area contributed by atoms with E-state index in [1.165, 1.54) is 32.1 Å². The summed E-state index contributed by atoms with van der Waals surface area (Å²) in [5, 5.41) is 5.65. The molecule has 2 amide bonds. The molecule has 0 saturated heterocycles. The predicted molar refractivity (Wildman–Crippen MR) is 140 cm³/mol. The summed E-state index contributed by atoms with van der Waals surface area (Å²) in [6, 6.07) is 7.92. The largest absolute Gasteiger partial charge is 0.459 e. The number of hydrogen-bond donors (Lipinski definition) is 3. The van der Waals surface area contributed by atoms with Gasteiger partial charge in [-0.15, -0.1) is 0 Å². The fourth-order valence-corrected chi connectivity index (χ4v) is 6.55. The topological polar surface area (TPSA) is 120 Å². The van der Waals surface area contributed by atoms with Crippen molar-refractivity contribution in [3.8, 4) is 0 Å². The molecule has 0 aromatic heterocycles. The van der Waals surface area contributed by atoms with E-state index >= 15 is 0 Å². The third kappa shape index (κ3) is 7.46. The fourth-order valence-electron chi connectivity index (χ4n) is 6.55. The Bertz CT molecular complexity index is 893. The maximum atomic E-state index is 12.8. The van der Waals surface area contributed by atoms with Crippen molar-refractivity contribution < 1.29 is 23.9 Å². The van der Waals surface area contributed by atoms with Crippen molar-refractivity contribution in [1.82, 2.24) is 10.6 Å². The van der Waals surface area contributed by atoms with Crippen LogP contribution < -0.4 is 16.4 Å². The highest BCUT2D eigenvalue weighted by Crippen LogP contribution is 2.54. The minimum atomic E-state index is -0.791. The minimum Gasteiger partial charge on any atom is -0.459 e. The van der Waals surface area contributed by atoms with Gasteiger partial charge in [0.25, 0.3) is 0 Å². The minimum absolute atomic E-state index is 0.0503. The number of amides is 2. The summed E-state index contributed by atoms with van der Waals surface area (Å²) in [6.45, 7) is 4.32. The molecular weight excluding hydrogens is 470 g/mol. The smallest absolute Gasteiger partial charge is 0.407 e. The third-order valence-electron chi connectivity index (χ3n) is 8.42. The first-order valence-corrected chi connectivity index (χ1v) is 14.0. The molecule has 0 spiro atoms. The second kappa shape index (κ2) is 12.8. The third-order valence-corrected chi connectivity index (χ3v) is 8.42. The molecule has 1 aromatic carbocycles. The molecule has 2 atom stereocenters. The van der Waals surface area contributed by atoms with Gasteiger partial charge in [-0.3, -0.25) is 4.79 Å². The molecule has 4 aliphatic carbocycles. The Balaban J connectivity index is 1.19. The van der Waals surface area contributed by atoms with Crippen LogP contribution in [-0.2, 0) is 25.7 Å². The lowest BCUT2D eigenvalue weighted by Crippen LogP contribution is -2.51. The highest BCUT2D eigenvalue weighted by atomic mass is 16.6. The first-order chi connectivity index (χ1) is 17.8. The summed E-state index contributed by atoms with van der Waals surface area (Å²) in [4.78, 5) is 37.8. The van der Waals surface area contributed by atoms with Gasteiger partial charge >= 0.3 is 12.1 Å². The monoisotopic (exact) mass is 513 g/mol. The zero-order valence-electron chi connectivity index (χ0n) is 22.2.